The topological polar surface area (TPSA) is 15.3 Å². The Morgan fingerprint density at radius 3 is 2.69 bits per heavy atom. The summed E-state index contributed by atoms with van der Waals surface area (Å²) in [6.07, 6.45) is 7.13. The number of nitrogens with one attached hydrogen (secondary N) is 1. The Bertz CT molecular complexity index is 167. The molecule has 1 saturated heterocycles. The summed E-state index contributed by atoms with van der Waals surface area (Å²) in [5.74, 6) is 2.64. The molecule has 0 bridgehead atoms. The Balaban J connectivity index is 1.78. The molecular formula is C13H26N2S. The molecule has 0 aliphatic carbocycles. The van der Waals surface area contributed by atoms with Crippen LogP contribution in [-0.2, 0) is 0 Å². The molecule has 0 atom stereocenters. The van der Waals surface area contributed by atoms with Crippen LogP contribution in [-0.4, -0.2) is 49.1 Å². The molecule has 3 heteroatoms. The van der Waals surface area contributed by atoms with E-state index in [0.29, 0.717) is 0 Å². The van der Waals surface area contributed by atoms with Crippen LogP contribution in [0.4, 0.5) is 0 Å². The third-order valence-electron chi connectivity index (χ3n) is 2.97. The van der Waals surface area contributed by atoms with Crippen molar-refractivity contribution in [2.45, 2.75) is 25.7 Å². The van der Waals surface area contributed by atoms with Crippen LogP contribution < -0.4 is 5.32 Å². The summed E-state index contributed by atoms with van der Waals surface area (Å²) < 4.78 is 0. The van der Waals surface area contributed by atoms with Gasteiger partial charge in [0, 0.05) is 37.7 Å². The van der Waals surface area contributed by atoms with Crippen LogP contribution in [0.1, 0.15) is 25.7 Å². The SMILES string of the molecule is C=CCCCCCNCCN1CCSCC1. The Morgan fingerprint density at radius 2 is 1.94 bits per heavy atom. The fourth-order valence-electron chi connectivity index (χ4n) is 1.90. The fourth-order valence-corrected chi connectivity index (χ4v) is 2.88. The first-order chi connectivity index (χ1) is 7.93. The summed E-state index contributed by atoms with van der Waals surface area (Å²) >= 11 is 2.08. The number of thioether (sulfide) groups is 1. The fraction of sp³-hybridized carbons (Fsp3) is 0.846. The Morgan fingerprint density at radius 1 is 1.12 bits per heavy atom. The Kier molecular flexibility index (Phi) is 8.96. The number of hydrogen-bond donors (Lipinski definition) is 1. The van der Waals surface area contributed by atoms with Gasteiger partial charge in [-0.2, -0.15) is 11.8 Å². The second kappa shape index (κ2) is 10.2. The standard InChI is InChI=1S/C13H26N2S/c1-2-3-4-5-6-7-14-8-9-15-10-12-16-13-11-15/h2,14H,1,3-13H2. The Labute approximate surface area is 105 Å². The van der Waals surface area contributed by atoms with E-state index in [4.69, 9.17) is 0 Å². The van der Waals surface area contributed by atoms with Crippen molar-refractivity contribution in [2.24, 2.45) is 0 Å². The molecule has 16 heavy (non-hydrogen) atoms. The van der Waals surface area contributed by atoms with Crippen LogP contribution in [0.3, 0.4) is 0 Å². The highest BCUT2D eigenvalue weighted by Gasteiger charge is 2.08. The van der Waals surface area contributed by atoms with Gasteiger partial charge in [0.1, 0.15) is 0 Å². The minimum atomic E-state index is 1.16. The van der Waals surface area contributed by atoms with E-state index in [-0.39, 0.29) is 0 Å². The monoisotopic (exact) mass is 242 g/mol. The number of nitrogens with zero attached hydrogens (tertiary/aromatic N) is 1. The van der Waals surface area contributed by atoms with Gasteiger partial charge in [0.2, 0.25) is 0 Å². The van der Waals surface area contributed by atoms with Gasteiger partial charge in [0.25, 0.3) is 0 Å². The van der Waals surface area contributed by atoms with Crippen molar-refractivity contribution in [3.05, 3.63) is 12.7 Å². The molecule has 1 heterocycles. The first kappa shape index (κ1) is 14.1. The zero-order valence-electron chi connectivity index (χ0n) is 10.4. The molecule has 94 valence electrons. The van der Waals surface area contributed by atoms with Gasteiger partial charge >= 0.3 is 0 Å². The maximum Gasteiger partial charge on any atom is 0.0107 e. The summed E-state index contributed by atoms with van der Waals surface area (Å²) in [5.41, 5.74) is 0. The molecule has 0 aromatic heterocycles. The maximum absolute atomic E-state index is 3.74. The van der Waals surface area contributed by atoms with Crippen LogP contribution in [0.5, 0.6) is 0 Å². The number of hydrogen-bond acceptors (Lipinski definition) is 3. The molecule has 1 rings (SSSR count). The normalized spacial score (nSPS) is 17.5. The van der Waals surface area contributed by atoms with Crippen LogP contribution in [0.2, 0.25) is 0 Å². The van der Waals surface area contributed by atoms with Crippen molar-refractivity contribution < 1.29 is 0 Å². The number of unbranched alkanes of at least 4 members (excludes halogenated alkanes) is 3. The molecule has 1 aliphatic heterocycles. The summed E-state index contributed by atoms with van der Waals surface area (Å²) in [5, 5.41) is 3.54. The van der Waals surface area contributed by atoms with Gasteiger partial charge in [-0.3, -0.25) is 0 Å². The second-order valence-corrected chi connectivity index (χ2v) is 5.57. The van der Waals surface area contributed by atoms with E-state index < -0.39 is 0 Å². The highest BCUT2D eigenvalue weighted by Crippen LogP contribution is 2.07. The van der Waals surface area contributed by atoms with E-state index in [9.17, 15) is 0 Å². The van der Waals surface area contributed by atoms with Gasteiger partial charge in [-0.15, -0.1) is 6.58 Å². The van der Waals surface area contributed by atoms with Gasteiger partial charge in [0.05, 0.1) is 0 Å². The number of rotatable bonds is 9. The van der Waals surface area contributed by atoms with Crippen molar-refractivity contribution in [2.75, 3.05) is 44.2 Å². The lowest BCUT2D eigenvalue weighted by Crippen LogP contribution is -2.37. The third-order valence-corrected chi connectivity index (χ3v) is 3.91. The molecule has 1 fully saturated rings. The Hall–Kier alpha value is 0.0100. The molecule has 0 spiro atoms. The molecule has 0 radical (unpaired) electrons. The van der Waals surface area contributed by atoms with E-state index in [1.165, 1.54) is 63.4 Å². The predicted octanol–water partition coefficient (Wildman–Crippen LogP) is 2.37. The molecule has 0 aromatic carbocycles. The van der Waals surface area contributed by atoms with E-state index in [2.05, 4.69) is 28.6 Å². The molecule has 1 aliphatic rings. The van der Waals surface area contributed by atoms with Crippen LogP contribution in [0, 0.1) is 0 Å². The van der Waals surface area contributed by atoms with Gasteiger partial charge < -0.3 is 10.2 Å². The van der Waals surface area contributed by atoms with Crippen LogP contribution in [0.25, 0.3) is 0 Å². The van der Waals surface area contributed by atoms with Crippen LogP contribution >= 0.6 is 11.8 Å². The summed E-state index contributed by atoms with van der Waals surface area (Å²) in [7, 11) is 0. The average Bonchev–Trinajstić information content (AvgIpc) is 2.34. The lowest BCUT2D eigenvalue weighted by atomic mass is 10.2. The maximum atomic E-state index is 3.74. The first-order valence-corrected chi connectivity index (χ1v) is 7.70. The van der Waals surface area contributed by atoms with Crippen molar-refractivity contribution in [1.29, 1.82) is 0 Å². The zero-order chi connectivity index (χ0) is 11.5. The lowest BCUT2D eigenvalue weighted by Gasteiger charge is -2.26. The second-order valence-electron chi connectivity index (χ2n) is 4.34. The van der Waals surface area contributed by atoms with Crippen LogP contribution in [0.15, 0.2) is 12.7 Å². The molecule has 0 amide bonds. The van der Waals surface area contributed by atoms with Crippen molar-refractivity contribution in [1.82, 2.24) is 10.2 Å². The summed E-state index contributed by atoms with van der Waals surface area (Å²) in [6, 6.07) is 0. The molecule has 0 aromatic rings. The summed E-state index contributed by atoms with van der Waals surface area (Å²) in [6.45, 7) is 9.87. The van der Waals surface area contributed by atoms with E-state index in [0.717, 1.165) is 6.54 Å². The molecule has 0 unspecified atom stereocenters. The van der Waals surface area contributed by atoms with Gasteiger partial charge in [-0.1, -0.05) is 12.5 Å². The van der Waals surface area contributed by atoms with Gasteiger partial charge in [-0.25, -0.2) is 0 Å². The summed E-state index contributed by atoms with van der Waals surface area (Å²) in [4.78, 5) is 2.57. The zero-order valence-corrected chi connectivity index (χ0v) is 11.2. The molecule has 0 saturated carbocycles. The first-order valence-electron chi connectivity index (χ1n) is 6.55. The van der Waals surface area contributed by atoms with Gasteiger partial charge in [-0.05, 0) is 25.8 Å². The quantitative estimate of drug-likeness (QED) is 0.494. The van der Waals surface area contributed by atoms with E-state index >= 15 is 0 Å². The van der Waals surface area contributed by atoms with E-state index in [1.54, 1.807) is 0 Å². The average molecular weight is 242 g/mol. The molecular weight excluding hydrogens is 216 g/mol. The minimum Gasteiger partial charge on any atom is -0.315 e. The minimum absolute atomic E-state index is 1.16. The third kappa shape index (κ3) is 7.31. The number of allylic oxidation sites excluding steroid dienone is 1. The highest BCUT2D eigenvalue weighted by molar-refractivity contribution is 7.99. The van der Waals surface area contributed by atoms with Gasteiger partial charge in [0.15, 0.2) is 0 Å². The van der Waals surface area contributed by atoms with E-state index in [1.807, 2.05) is 6.08 Å². The highest BCUT2D eigenvalue weighted by atomic mass is 32.2. The predicted molar refractivity (Wildman–Crippen MR) is 75.3 cm³/mol. The molecule has 1 N–H and O–H groups in total. The lowest BCUT2D eigenvalue weighted by molar-refractivity contribution is 0.301. The molecule has 2 nitrogen and oxygen atoms in total. The smallest absolute Gasteiger partial charge is 0.0107 e. The largest absolute Gasteiger partial charge is 0.315 e. The van der Waals surface area contributed by atoms with Crippen molar-refractivity contribution >= 4 is 11.8 Å². The van der Waals surface area contributed by atoms with Crippen molar-refractivity contribution in [3.63, 3.8) is 0 Å². The van der Waals surface area contributed by atoms with Crippen molar-refractivity contribution in [3.8, 4) is 0 Å².